The molecule has 1 aromatic carbocycles. The van der Waals surface area contributed by atoms with Crippen molar-refractivity contribution in [1.29, 1.82) is 0 Å². The van der Waals surface area contributed by atoms with Crippen LogP contribution >= 0.6 is 0 Å². The van der Waals surface area contributed by atoms with Crippen molar-refractivity contribution < 1.29 is 9.53 Å². The highest BCUT2D eigenvalue weighted by molar-refractivity contribution is 5.78. The highest BCUT2D eigenvalue weighted by Gasteiger charge is 2.04. The Hall–Kier alpha value is -2.40. The van der Waals surface area contributed by atoms with E-state index in [1.807, 2.05) is 30.3 Å². The lowest BCUT2D eigenvalue weighted by atomic mass is 10.1. The lowest BCUT2D eigenvalue weighted by Gasteiger charge is -2.07. The fourth-order valence-electron chi connectivity index (χ4n) is 1.91. The number of carbonyl (C=O) groups excluding carboxylic acids is 1. The van der Waals surface area contributed by atoms with E-state index in [1.54, 1.807) is 19.4 Å². The number of aromatic nitrogens is 1. The van der Waals surface area contributed by atoms with Crippen LogP contribution in [0.5, 0.6) is 5.88 Å². The number of ether oxygens (including phenoxy) is 1. The van der Waals surface area contributed by atoms with Gasteiger partial charge in [-0.3, -0.25) is 4.79 Å². The molecule has 0 aliphatic rings. The molecule has 3 N–H and O–H groups in total. The van der Waals surface area contributed by atoms with Crippen molar-refractivity contribution in [3.05, 3.63) is 59.3 Å². The molecule has 2 rings (SSSR count). The van der Waals surface area contributed by atoms with Crippen molar-refractivity contribution >= 4 is 5.91 Å². The molecule has 0 atom stereocenters. The molecule has 0 spiro atoms. The molecule has 0 bridgehead atoms. The molecule has 0 aliphatic heterocycles. The topological polar surface area (TPSA) is 77.2 Å². The lowest BCUT2D eigenvalue weighted by Crippen LogP contribution is -2.24. The predicted octanol–water partition coefficient (Wildman–Crippen LogP) is 1.41. The number of rotatable bonds is 6. The fourth-order valence-corrected chi connectivity index (χ4v) is 1.91. The largest absolute Gasteiger partial charge is 0.481 e. The van der Waals surface area contributed by atoms with E-state index < -0.39 is 0 Å². The maximum absolute atomic E-state index is 11.9. The number of carbonyl (C=O) groups is 1. The van der Waals surface area contributed by atoms with E-state index in [-0.39, 0.29) is 5.91 Å². The smallest absolute Gasteiger partial charge is 0.224 e. The Labute approximate surface area is 124 Å². The quantitative estimate of drug-likeness (QED) is 0.841. The molecule has 0 radical (unpaired) electrons. The third kappa shape index (κ3) is 4.57. The van der Waals surface area contributed by atoms with Gasteiger partial charge >= 0.3 is 0 Å². The van der Waals surface area contributed by atoms with Gasteiger partial charge in [-0.05, 0) is 22.8 Å². The molecule has 1 amide bonds. The van der Waals surface area contributed by atoms with Crippen molar-refractivity contribution in [3.63, 3.8) is 0 Å². The Balaban J connectivity index is 1.86. The summed E-state index contributed by atoms with van der Waals surface area (Å²) in [6.07, 6.45) is 2.01. The van der Waals surface area contributed by atoms with E-state index >= 15 is 0 Å². The maximum Gasteiger partial charge on any atom is 0.224 e. The standard InChI is InChI=1S/C16H19N3O2/c1-21-16-9-14(6-7-18-16)11-19-15(20)8-12-2-4-13(10-17)5-3-12/h2-7,9H,8,10-11,17H2,1H3,(H,19,20). The zero-order valence-corrected chi connectivity index (χ0v) is 12.0. The highest BCUT2D eigenvalue weighted by atomic mass is 16.5. The van der Waals surface area contributed by atoms with Crippen LogP contribution in [-0.4, -0.2) is 18.0 Å². The molecule has 1 heterocycles. The number of nitrogens with zero attached hydrogens (tertiary/aromatic N) is 1. The van der Waals surface area contributed by atoms with E-state index in [2.05, 4.69) is 10.3 Å². The Morgan fingerprint density at radius 3 is 2.57 bits per heavy atom. The molecule has 0 unspecified atom stereocenters. The summed E-state index contributed by atoms with van der Waals surface area (Å²) in [7, 11) is 1.57. The van der Waals surface area contributed by atoms with Crippen LogP contribution in [0.25, 0.3) is 0 Å². The second-order valence-corrected chi connectivity index (χ2v) is 4.68. The van der Waals surface area contributed by atoms with Crippen LogP contribution in [0, 0.1) is 0 Å². The van der Waals surface area contributed by atoms with Crippen LogP contribution in [0.15, 0.2) is 42.6 Å². The van der Waals surface area contributed by atoms with Crippen LogP contribution in [-0.2, 0) is 24.3 Å². The predicted molar refractivity (Wildman–Crippen MR) is 80.7 cm³/mol. The summed E-state index contributed by atoms with van der Waals surface area (Å²) in [5.74, 6) is 0.519. The molecule has 0 saturated heterocycles. The van der Waals surface area contributed by atoms with Crippen molar-refractivity contribution in [2.24, 2.45) is 5.73 Å². The summed E-state index contributed by atoms with van der Waals surface area (Å²) in [6, 6.07) is 11.4. The van der Waals surface area contributed by atoms with Crippen molar-refractivity contribution in [2.75, 3.05) is 7.11 Å². The number of hydrogen-bond acceptors (Lipinski definition) is 4. The summed E-state index contributed by atoms with van der Waals surface area (Å²) >= 11 is 0. The minimum Gasteiger partial charge on any atom is -0.481 e. The SMILES string of the molecule is COc1cc(CNC(=O)Cc2ccc(CN)cc2)ccn1. The molecule has 1 aromatic heterocycles. The molecule has 21 heavy (non-hydrogen) atoms. The number of hydrogen-bond donors (Lipinski definition) is 2. The van der Waals surface area contributed by atoms with Gasteiger partial charge in [0.2, 0.25) is 11.8 Å². The van der Waals surface area contributed by atoms with Crippen LogP contribution in [0.3, 0.4) is 0 Å². The van der Waals surface area contributed by atoms with Gasteiger partial charge in [0.05, 0.1) is 13.5 Å². The van der Waals surface area contributed by atoms with Gasteiger partial charge in [0, 0.05) is 25.4 Å². The Morgan fingerprint density at radius 1 is 1.19 bits per heavy atom. The van der Waals surface area contributed by atoms with Gasteiger partial charge in [0.25, 0.3) is 0 Å². The van der Waals surface area contributed by atoms with Crippen molar-refractivity contribution in [3.8, 4) is 5.88 Å². The van der Waals surface area contributed by atoms with E-state index in [0.717, 1.165) is 16.7 Å². The van der Waals surface area contributed by atoms with Gasteiger partial charge < -0.3 is 15.8 Å². The van der Waals surface area contributed by atoms with Gasteiger partial charge in [-0.2, -0.15) is 0 Å². The second-order valence-electron chi connectivity index (χ2n) is 4.68. The summed E-state index contributed by atoms with van der Waals surface area (Å²) in [5, 5.41) is 2.88. The van der Waals surface area contributed by atoms with Crippen molar-refractivity contribution in [1.82, 2.24) is 10.3 Å². The summed E-state index contributed by atoms with van der Waals surface area (Å²) in [6.45, 7) is 0.967. The lowest BCUT2D eigenvalue weighted by molar-refractivity contribution is -0.120. The Morgan fingerprint density at radius 2 is 1.90 bits per heavy atom. The van der Waals surface area contributed by atoms with Gasteiger partial charge in [0.15, 0.2) is 0 Å². The molecule has 5 nitrogen and oxygen atoms in total. The second kappa shape index (κ2) is 7.40. The van der Waals surface area contributed by atoms with Gasteiger partial charge in [0.1, 0.15) is 0 Å². The Kier molecular flexibility index (Phi) is 5.29. The van der Waals surface area contributed by atoms with Gasteiger partial charge in [-0.1, -0.05) is 24.3 Å². The monoisotopic (exact) mass is 285 g/mol. The van der Waals surface area contributed by atoms with Gasteiger partial charge in [-0.15, -0.1) is 0 Å². The van der Waals surface area contributed by atoms with E-state index in [9.17, 15) is 4.79 Å². The first-order valence-corrected chi connectivity index (χ1v) is 6.75. The van der Waals surface area contributed by atoms with Crippen LogP contribution in [0.1, 0.15) is 16.7 Å². The summed E-state index contributed by atoms with van der Waals surface area (Å²) in [5.41, 5.74) is 8.52. The molecule has 0 saturated carbocycles. The summed E-state index contributed by atoms with van der Waals surface area (Å²) in [4.78, 5) is 15.9. The molecule has 110 valence electrons. The average molecular weight is 285 g/mol. The molecule has 2 aromatic rings. The number of amides is 1. The Bertz CT molecular complexity index is 597. The minimum atomic E-state index is -0.0220. The molecule has 0 fully saturated rings. The normalized spacial score (nSPS) is 10.2. The first kappa shape index (κ1) is 15.0. The number of methoxy groups -OCH3 is 1. The number of pyridine rings is 1. The zero-order chi connectivity index (χ0) is 15.1. The number of benzene rings is 1. The molecular formula is C16H19N3O2. The number of nitrogens with two attached hydrogens (primary N) is 1. The number of nitrogens with one attached hydrogen (secondary N) is 1. The highest BCUT2D eigenvalue weighted by Crippen LogP contribution is 2.08. The van der Waals surface area contributed by atoms with E-state index in [4.69, 9.17) is 10.5 Å². The van der Waals surface area contributed by atoms with Crippen LogP contribution in [0.2, 0.25) is 0 Å². The first-order valence-electron chi connectivity index (χ1n) is 6.75. The molecular weight excluding hydrogens is 266 g/mol. The van der Waals surface area contributed by atoms with Crippen molar-refractivity contribution in [2.45, 2.75) is 19.5 Å². The maximum atomic E-state index is 11.9. The minimum absolute atomic E-state index is 0.0220. The summed E-state index contributed by atoms with van der Waals surface area (Å²) < 4.78 is 5.05. The van der Waals surface area contributed by atoms with Crippen LogP contribution < -0.4 is 15.8 Å². The van der Waals surface area contributed by atoms with E-state index in [1.165, 1.54) is 0 Å². The first-order chi connectivity index (χ1) is 10.2. The third-order valence-electron chi connectivity index (χ3n) is 3.12. The molecule has 0 aliphatic carbocycles. The van der Waals surface area contributed by atoms with E-state index in [0.29, 0.717) is 25.4 Å². The molecule has 5 heteroatoms. The zero-order valence-electron chi connectivity index (χ0n) is 12.0. The van der Waals surface area contributed by atoms with Gasteiger partial charge in [-0.25, -0.2) is 4.98 Å². The average Bonchev–Trinajstić information content (AvgIpc) is 2.54. The van der Waals surface area contributed by atoms with Crippen LogP contribution in [0.4, 0.5) is 0 Å². The third-order valence-corrected chi connectivity index (χ3v) is 3.12. The fraction of sp³-hybridized carbons (Fsp3) is 0.250.